The highest BCUT2D eigenvalue weighted by atomic mass is 79.9. The summed E-state index contributed by atoms with van der Waals surface area (Å²) in [7, 11) is 4.95. The molecule has 1 aliphatic rings. The minimum absolute atomic E-state index is 0.131. The minimum Gasteiger partial charge on any atom is -0.497 e. The van der Waals surface area contributed by atoms with Gasteiger partial charge in [-0.1, -0.05) is 23.7 Å². The van der Waals surface area contributed by atoms with Crippen LogP contribution in [0.3, 0.4) is 0 Å². The van der Waals surface area contributed by atoms with Crippen LogP contribution in [-0.2, 0) is 4.79 Å². The molecule has 0 atom stereocenters. The third-order valence-electron chi connectivity index (χ3n) is 4.86. The predicted octanol–water partition coefficient (Wildman–Crippen LogP) is 6.51. The van der Waals surface area contributed by atoms with Gasteiger partial charge in [0.05, 0.1) is 29.8 Å². The standard InChI is InChI=1S/C23H18BrClN2O3S/c1-27-22(28)21(31-23(27)26-14-6-8-18(24)19(25)10-14)12-17-16-11-15(29-2)7-4-13(16)5-9-20(17)30-3/h4-12H,1-3H3/b21-12+,26-23?. The van der Waals surface area contributed by atoms with E-state index in [1.807, 2.05) is 48.5 Å². The summed E-state index contributed by atoms with van der Waals surface area (Å²) < 4.78 is 11.8. The van der Waals surface area contributed by atoms with Crippen LogP contribution in [0.5, 0.6) is 11.5 Å². The van der Waals surface area contributed by atoms with Crippen molar-refractivity contribution in [2.45, 2.75) is 0 Å². The second-order valence-corrected chi connectivity index (χ2v) is 9.01. The molecule has 3 aromatic carbocycles. The van der Waals surface area contributed by atoms with Crippen molar-refractivity contribution in [1.82, 2.24) is 4.90 Å². The molecule has 0 bridgehead atoms. The van der Waals surface area contributed by atoms with Gasteiger partial charge in [-0.25, -0.2) is 4.99 Å². The van der Waals surface area contributed by atoms with Crippen molar-refractivity contribution >= 4 is 72.9 Å². The molecule has 5 nitrogen and oxygen atoms in total. The average Bonchev–Trinajstić information content (AvgIpc) is 3.04. The summed E-state index contributed by atoms with van der Waals surface area (Å²) in [5.41, 5.74) is 1.49. The molecule has 0 spiro atoms. The van der Waals surface area contributed by atoms with E-state index in [9.17, 15) is 4.79 Å². The fourth-order valence-corrected chi connectivity index (χ4v) is 4.59. The number of likely N-dealkylation sites (N-methyl/N-ethyl adjacent to an activating group) is 1. The summed E-state index contributed by atoms with van der Waals surface area (Å²) in [5, 5.41) is 3.10. The van der Waals surface area contributed by atoms with E-state index in [0.29, 0.717) is 26.5 Å². The summed E-state index contributed by atoms with van der Waals surface area (Å²) in [5.74, 6) is 1.28. The lowest BCUT2D eigenvalue weighted by Crippen LogP contribution is -2.23. The van der Waals surface area contributed by atoms with Crippen LogP contribution in [-0.4, -0.2) is 37.2 Å². The number of carbonyl (C=O) groups excluding carboxylic acids is 1. The molecule has 1 heterocycles. The predicted molar refractivity (Wildman–Crippen MR) is 132 cm³/mol. The van der Waals surface area contributed by atoms with Gasteiger partial charge in [-0.05, 0) is 80.9 Å². The van der Waals surface area contributed by atoms with E-state index in [4.69, 9.17) is 21.1 Å². The van der Waals surface area contributed by atoms with Crippen molar-refractivity contribution in [3.05, 3.63) is 68.5 Å². The SMILES string of the molecule is COc1ccc2ccc(OC)c(/C=C3/SC(=Nc4ccc(Br)c(Cl)c4)N(C)C3=O)c2c1. The molecule has 1 amide bonds. The molecule has 1 fully saturated rings. The Labute approximate surface area is 197 Å². The first-order valence-corrected chi connectivity index (χ1v) is 11.3. The minimum atomic E-state index is -0.131. The maximum atomic E-state index is 12.9. The summed E-state index contributed by atoms with van der Waals surface area (Å²) in [4.78, 5) is 19.6. The number of hydrogen-bond acceptors (Lipinski definition) is 5. The van der Waals surface area contributed by atoms with E-state index in [1.54, 1.807) is 27.3 Å². The smallest absolute Gasteiger partial charge is 0.266 e. The molecular weight excluding hydrogens is 500 g/mol. The number of methoxy groups -OCH3 is 2. The van der Waals surface area contributed by atoms with Crippen LogP contribution in [0.1, 0.15) is 5.56 Å². The van der Waals surface area contributed by atoms with Crippen molar-refractivity contribution in [3.63, 3.8) is 0 Å². The maximum Gasteiger partial charge on any atom is 0.266 e. The van der Waals surface area contributed by atoms with Gasteiger partial charge >= 0.3 is 0 Å². The molecule has 0 N–H and O–H groups in total. The lowest BCUT2D eigenvalue weighted by Gasteiger charge is -2.11. The molecule has 0 unspecified atom stereocenters. The van der Waals surface area contributed by atoms with Crippen molar-refractivity contribution in [1.29, 1.82) is 0 Å². The van der Waals surface area contributed by atoms with Crippen LogP contribution in [0, 0.1) is 0 Å². The van der Waals surface area contributed by atoms with Gasteiger partial charge in [0.1, 0.15) is 11.5 Å². The fourth-order valence-electron chi connectivity index (χ4n) is 3.20. The molecule has 1 aliphatic heterocycles. The number of benzene rings is 3. The number of ether oxygens (including phenoxy) is 2. The summed E-state index contributed by atoms with van der Waals surface area (Å²) in [6.45, 7) is 0. The maximum absolute atomic E-state index is 12.9. The summed E-state index contributed by atoms with van der Waals surface area (Å²) in [6.07, 6.45) is 1.85. The number of rotatable bonds is 4. The molecule has 0 aromatic heterocycles. The topological polar surface area (TPSA) is 51.1 Å². The number of halogens is 2. The van der Waals surface area contributed by atoms with Crippen LogP contribution in [0.4, 0.5) is 5.69 Å². The lowest BCUT2D eigenvalue weighted by molar-refractivity contribution is -0.121. The Morgan fingerprint density at radius 3 is 2.58 bits per heavy atom. The zero-order valence-corrected chi connectivity index (χ0v) is 20.1. The number of aliphatic imine (C=N–C) groups is 1. The number of thioether (sulfide) groups is 1. The highest BCUT2D eigenvalue weighted by Crippen LogP contribution is 2.38. The fraction of sp³-hybridized carbons (Fsp3) is 0.130. The molecule has 3 aromatic rings. The van der Waals surface area contributed by atoms with E-state index in [1.165, 1.54) is 16.7 Å². The normalized spacial score (nSPS) is 16.5. The van der Waals surface area contributed by atoms with Crippen LogP contribution in [0.25, 0.3) is 16.8 Å². The molecular formula is C23H18BrClN2O3S. The number of amides is 1. The van der Waals surface area contributed by atoms with Crippen molar-refractivity contribution in [3.8, 4) is 11.5 Å². The van der Waals surface area contributed by atoms with E-state index < -0.39 is 0 Å². The van der Waals surface area contributed by atoms with Crippen LogP contribution in [0.15, 0.2) is 62.9 Å². The molecule has 158 valence electrons. The van der Waals surface area contributed by atoms with Gasteiger partial charge in [0.25, 0.3) is 5.91 Å². The monoisotopic (exact) mass is 516 g/mol. The first kappa shape index (κ1) is 21.7. The quantitative estimate of drug-likeness (QED) is 0.370. The highest BCUT2D eigenvalue weighted by Gasteiger charge is 2.31. The van der Waals surface area contributed by atoms with Gasteiger partial charge < -0.3 is 9.47 Å². The van der Waals surface area contributed by atoms with Crippen molar-refractivity contribution in [2.24, 2.45) is 4.99 Å². The van der Waals surface area contributed by atoms with Gasteiger partial charge in [0.15, 0.2) is 5.17 Å². The number of carbonyl (C=O) groups is 1. The number of hydrogen-bond donors (Lipinski definition) is 0. The van der Waals surface area contributed by atoms with E-state index >= 15 is 0 Å². The molecule has 0 aliphatic carbocycles. The molecule has 31 heavy (non-hydrogen) atoms. The largest absolute Gasteiger partial charge is 0.497 e. The van der Waals surface area contributed by atoms with Gasteiger partial charge in [0.2, 0.25) is 0 Å². The first-order valence-electron chi connectivity index (χ1n) is 9.27. The number of amidine groups is 1. The zero-order valence-electron chi connectivity index (χ0n) is 17.0. The first-order chi connectivity index (χ1) is 14.9. The van der Waals surface area contributed by atoms with Crippen LogP contribution in [0.2, 0.25) is 5.02 Å². The third kappa shape index (κ3) is 4.31. The Balaban J connectivity index is 1.78. The van der Waals surface area contributed by atoms with Gasteiger partial charge in [0, 0.05) is 17.1 Å². The Morgan fingerprint density at radius 1 is 1.10 bits per heavy atom. The van der Waals surface area contributed by atoms with Gasteiger partial charge in [-0.2, -0.15) is 0 Å². The number of fused-ring (bicyclic) bond motifs is 1. The second-order valence-electron chi connectivity index (χ2n) is 6.74. The summed E-state index contributed by atoms with van der Waals surface area (Å²) in [6, 6.07) is 15.1. The highest BCUT2D eigenvalue weighted by molar-refractivity contribution is 9.10. The molecule has 4 rings (SSSR count). The molecule has 8 heteroatoms. The van der Waals surface area contributed by atoms with Crippen LogP contribution >= 0.6 is 39.3 Å². The van der Waals surface area contributed by atoms with E-state index in [2.05, 4.69) is 20.9 Å². The Hall–Kier alpha value is -2.48. The Kier molecular flexibility index (Phi) is 6.27. The summed E-state index contributed by atoms with van der Waals surface area (Å²) >= 11 is 10.9. The second kappa shape index (κ2) is 8.94. The third-order valence-corrected chi connectivity index (χ3v) is 7.15. The molecule has 1 saturated heterocycles. The zero-order chi connectivity index (χ0) is 22.1. The molecule has 0 saturated carbocycles. The molecule has 0 radical (unpaired) electrons. The van der Waals surface area contributed by atoms with Gasteiger partial charge in [-0.3, -0.25) is 9.69 Å². The Morgan fingerprint density at radius 2 is 1.87 bits per heavy atom. The van der Waals surface area contributed by atoms with Gasteiger partial charge in [-0.15, -0.1) is 0 Å². The lowest BCUT2D eigenvalue weighted by atomic mass is 10.0. The number of nitrogens with zero attached hydrogens (tertiary/aromatic N) is 2. The Bertz CT molecular complexity index is 1250. The van der Waals surface area contributed by atoms with Crippen LogP contribution < -0.4 is 9.47 Å². The van der Waals surface area contributed by atoms with E-state index in [0.717, 1.165) is 26.6 Å². The van der Waals surface area contributed by atoms with Crippen molar-refractivity contribution < 1.29 is 14.3 Å². The van der Waals surface area contributed by atoms with Crippen molar-refractivity contribution in [2.75, 3.05) is 21.3 Å². The van der Waals surface area contributed by atoms with E-state index in [-0.39, 0.29) is 5.91 Å². The average molecular weight is 518 g/mol.